The predicted molar refractivity (Wildman–Crippen MR) is 93.4 cm³/mol. The van der Waals surface area contributed by atoms with Gasteiger partial charge in [-0.25, -0.2) is 4.98 Å². The van der Waals surface area contributed by atoms with E-state index >= 15 is 0 Å². The lowest BCUT2D eigenvalue weighted by Crippen LogP contribution is -2.15. The van der Waals surface area contributed by atoms with Crippen molar-refractivity contribution in [1.82, 2.24) is 9.97 Å². The first-order valence-corrected chi connectivity index (χ1v) is 7.54. The fourth-order valence-electron chi connectivity index (χ4n) is 2.51. The summed E-state index contributed by atoms with van der Waals surface area (Å²) >= 11 is 0. The number of H-pyrrole nitrogens is 1. The molecule has 3 rings (SSSR count). The van der Waals surface area contributed by atoms with Crippen molar-refractivity contribution >= 4 is 28.7 Å². The van der Waals surface area contributed by atoms with E-state index in [0.717, 1.165) is 0 Å². The Kier molecular flexibility index (Phi) is 4.30. The number of aromatic amines is 1. The second kappa shape index (κ2) is 6.56. The summed E-state index contributed by atoms with van der Waals surface area (Å²) in [6.07, 6.45) is 0. The zero-order valence-electron chi connectivity index (χ0n) is 13.6. The molecular weight excluding hydrogens is 322 g/mol. The number of esters is 1. The summed E-state index contributed by atoms with van der Waals surface area (Å²) in [6.45, 7) is 2.62. The largest absolute Gasteiger partial charge is 0.425 e. The van der Waals surface area contributed by atoms with E-state index in [1.165, 1.54) is 13.8 Å². The van der Waals surface area contributed by atoms with Gasteiger partial charge in [-0.1, -0.05) is 30.3 Å². The van der Waals surface area contributed by atoms with E-state index in [0.29, 0.717) is 10.9 Å². The highest BCUT2D eigenvalue weighted by Gasteiger charge is 2.18. The van der Waals surface area contributed by atoms with E-state index in [1.54, 1.807) is 36.4 Å². The van der Waals surface area contributed by atoms with Crippen LogP contribution in [0.4, 0.5) is 5.82 Å². The number of hydrogen-bond acceptors (Lipinski definition) is 5. The van der Waals surface area contributed by atoms with Gasteiger partial charge in [-0.15, -0.1) is 0 Å². The average Bonchev–Trinajstić information content (AvgIpc) is 2.54. The molecule has 126 valence electrons. The maximum Gasteiger partial charge on any atom is 0.308 e. The molecule has 3 aromatic rings. The van der Waals surface area contributed by atoms with Gasteiger partial charge in [0.1, 0.15) is 11.5 Å². The van der Waals surface area contributed by atoms with E-state index in [1.807, 2.05) is 6.07 Å². The molecule has 0 aliphatic carbocycles. The fraction of sp³-hybridized carbons (Fsp3) is 0.111. The minimum atomic E-state index is -0.546. The van der Waals surface area contributed by atoms with Crippen LogP contribution in [-0.2, 0) is 9.59 Å². The Hall–Kier alpha value is -3.48. The lowest BCUT2D eigenvalue weighted by atomic mass is 10.0. The van der Waals surface area contributed by atoms with E-state index in [2.05, 4.69) is 15.3 Å². The van der Waals surface area contributed by atoms with Crippen LogP contribution in [0.15, 0.2) is 47.3 Å². The molecule has 7 heteroatoms. The van der Waals surface area contributed by atoms with Crippen LogP contribution in [0.2, 0.25) is 0 Å². The Morgan fingerprint density at radius 2 is 1.80 bits per heavy atom. The number of anilines is 1. The van der Waals surface area contributed by atoms with E-state index in [-0.39, 0.29) is 28.7 Å². The maximum atomic E-state index is 12.6. The van der Waals surface area contributed by atoms with Crippen LogP contribution in [0, 0.1) is 0 Å². The molecular formula is C18H15N3O4. The molecule has 0 aliphatic heterocycles. The third-order valence-corrected chi connectivity index (χ3v) is 3.44. The van der Waals surface area contributed by atoms with Crippen LogP contribution < -0.4 is 15.6 Å². The fourth-order valence-corrected chi connectivity index (χ4v) is 2.51. The summed E-state index contributed by atoms with van der Waals surface area (Å²) in [7, 11) is 0. The zero-order chi connectivity index (χ0) is 18.0. The smallest absolute Gasteiger partial charge is 0.308 e. The molecule has 0 radical (unpaired) electrons. The van der Waals surface area contributed by atoms with Crippen molar-refractivity contribution in [1.29, 1.82) is 0 Å². The van der Waals surface area contributed by atoms with Crippen LogP contribution >= 0.6 is 0 Å². The van der Waals surface area contributed by atoms with Gasteiger partial charge in [0.15, 0.2) is 5.75 Å². The van der Waals surface area contributed by atoms with Crippen molar-refractivity contribution in [2.45, 2.75) is 13.8 Å². The molecule has 0 aliphatic rings. The summed E-state index contributed by atoms with van der Waals surface area (Å²) in [4.78, 5) is 42.2. The number of carbonyl (C=O) groups excluding carboxylic acids is 2. The Bertz CT molecular complexity index is 1030. The number of hydrogen-bond donors (Lipinski definition) is 2. The monoisotopic (exact) mass is 337 g/mol. The van der Waals surface area contributed by atoms with Crippen LogP contribution in [0.1, 0.15) is 13.8 Å². The second-order valence-corrected chi connectivity index (χ2v) is 5.39. The Labute approximate surface area is 142 Å². The standard InChI is InChI=1S/C18H15N3O4/c1-10(22)19-14-9-8-13-16(25-11(2)23)15(12-6-4-3-5-7-12)18(24)21-17(13)20-14/h3-9H,1-2H3,(H2,19,20,21,22,24). The number of fused-ring (bicyclic) bond motifs is 1. The minimum absolute atomic E-state index is 0.138. The van der Waals surface area contributed by atoms with Gasteiger partial charge >= 0.3 is 5.97 Å². The number of ether oxygens (including phenoxy) is 1. The van der Waals surface area contributed by atoms with Crippen molar-refractivity contribution in [2.75, 3.05) is 5.32 Å². The van der Waals surface area contributed by atoms with Gasteiger partial charge < -0.3 is 15.0 Å². The molecule has 0 unspecified atom stereocenters. The number of nitrogens with zero attached hydrogens (tertiary/aromatic N) is 1. The molecule has 0 fully saturated rings. The molecule has 1 aromatic carbocycles. The van der Waals surface area contributed by atoms with Gasteiger partial charge in [-0.3, -0.25) is 14.4 Å². The van der Waals surface area contributed by atoms with E-state index in [4.69, 9.17) is 4.74 Å². The summed E-state index contributed by atoms with van der Waals surface area (Å²) < 4.78 is 5.33. The van der Waals surface area contributed by atoms with Gasteiger partial charge in [0, 0.05) is 13.8 Å². The molecule has 0 saturated carbocycles. The van der Waals surface area contributed by atoms with Gasteiger partial charge in [-0.05, 0) is 17.7 Å². The van der Waals surface area contributed by atoms with Gasteiger partial charge in [0.2, 0.25) is 5.91 Å². The average molecular weight is 337 g/mol. The quantitative estimate of drug-likeness (QED) is 0.715. The third-order valence-electron chi connectivity index (χ3n) is 3.44. The number of nitrogens with one attached hydrogen (secondary N) is 2. The lowest BCUT2D eigenvalue weighted by molar-refractivity contribution is -0.131. The molecule has 2 aromatic heterocycles. The van der Waals surface area contributed by atoms with Crippen LogP contribution in [-0.4, -0.2) is 21.8 Å². The summed E-state index contributed by atoms with van der Waals surface area (Å²) in [5.41, 5.74) is 0.639. The highest BCUT2D eigenvalue weighted by atomic mass is 16.5. The number of amides is 1. The lowest BCUT2D eigenvalue weighted by Gasteiger charge is -2.12. The molecule has 2 heterocycles. The summed E-state index contributed by atoms with van der Waals surface area (Å²) in [5, 5.41) is 3.00. The molecule has 0 saturated heterocycles. The first-order chi connectivity index (χ1) is 12.0. The zero-order valence-corrected chi connectivity index (χ0v) is 13.6. The molecule has 2 N–H and O–H groups in total. The Morgan fingerprint density at radius 1 is 1.08 bits per heavy atom. The first-order valence-electron chi connectivity index (χ1n) is 7.54. The highest BCUT2D eigenvalue weighted by molar-refractivity contribution is 5.94. The van der Waals surface area contributed by atoms with Gasteiger partial charge in [0.05, 0.1) is 10.9 Å². The highest BCUT2D eigenvalue weighted by Crippen LogP contribution is 2.33. The van der Waals surface area contributed by atoms with Gasteiger partial charge in [0.25, 0.3) is 5.56 Å². The number of carbonyl (C=O) groups is 2. The second-order valence-electron chi connectivity index (χ2n) is 5.39. The van der Waals surface area contributed by atoms with Crippen molar-refractivity contribution in [2.24, 2.45) is 0 Å². The van der Waals surface area contributed by atoms with Crippen LogP contribution in [0.3, 0.4) is 0 Å². The molecule has 25 heavy (non-hydrogen) atoms. The molecule has 7 nitrogen and oxygen atoms in total. The van der Waals surface area contributed by atoms with Crippen LogP contribution in [0.5, 0.6) is 5.75 Å². The number of benzene rings is 1. The summed E-state index contributed by atoms with van der Waals surface area (Å²) in [6, 6.07) is 12.1. The topological polar surface area (TPSA) is 101 Å². The number of pyridine rings is 2. The molecule has 1 amide bonds. The van der Waals surface area contributed by atoms with Crippen molar-refractivity contribution in [3.63, 3.8) is 0 Å². The number of rotatable bonds is 3. The first kappa shape index (κ1) is 16.4. The summed E-state index contributed by atoms with van der Waals surface area (Å²) in [5.74, 6) is -0.401. The SMILES string of the molecule is CC(=O)Nc1ccc2c(OC(C)=O)c(-c3ccccc3)c(=O)[nH]c2n1. The molecule has 0 atom stereocenters. The third kappa shape index (κ3) is 3.40. The minimum Gasteiger partial charge on any atom is -0.425 e. The van der Waals surface area contributed by atoms with E-state index < -0.39 is 11.5 Å². The predicted octanol–water partition coefficient (Wildman–Crippen LogP) is 2.47. The van der Waals surface area contributed by atoms with Crippen molar-refractivity contribution in [3.05, 3.63) is 52.8 Å². The Balaban J connectivity index is 2.29. The Morgan fingerprint density at radius 3 is 2.44 bits per heavy atom. The van der Waals surface area contributed by atoms with Crippen molar-refractivity contribution < 1.29 is 14.3 Å². The van der Waals surface area contributed by atoms with Crippen molar-refractivity contribution in [3.8, 4) is 16.9 Å². The van der Waals surface area contributed by atoms with E-state index in [9.17, 15) is 14.4 Å². The molecule has 0 spiro atoms. The van der Waals surface area contributed by atoms with Crippen LogP contribution in [0.25, 0.3) is 22.2 Å². The molecule has 0 bridgehead atoms. The normalized spacial score (nSPS) is 10.5. The van der Waals surface area contributed by atoms with Gasteiger partial charge in [-0.2, -0.15) is 0 Å². The number of aromatic nitrogens is 2. The maximum absolute atomic E-state index is 12.6.